The Kier molecular flexibility index (Phi) is 4.53. The first kappa shape index (κ1) is 19.7. The van der Waals surface area contributed by atoms with Crippen molar-refractivity contribution < 1.29 is 14.3 Å². The van der Waals surface area contributed by atoms with E-state index >= 15 is 0 Å². The Hall–Kier alpha value is -1.63. The van der Waals surface area contributed by atoms with Crippen LogP contribution in [0.25, 0.3) is 0 Å². The molecular formula is C24H33NO3. The number of rotatable bonds is 1. The first-order chi connectivity index (χ1) is 13.2. The molecule has 4 nitrogen and oxygen atoms in total. The van der Waals surface area contributed by atoms with Crippen LogP contribution in [0.4, 0.5) is 0 Å². The summed E-state index contributed by atoms with van der Waals surface area (Å²) >= 11 is 0. The minimum atomic E-state index is -0.637. The molecule has 0 aromatic heterocycles. The molecule has 0 radical (unpaired) electrons. The number of esters is 1. The van der Waals surface area contributed by atoms with Crippen molar-refractivity contribution in [1.82, 2.24) is 0 Å². The zero-order valence-electron chi connectivity index (χ0n) is 17.7. The summed E-state index contributed by atoms with van der Waals surface area (Å²) in [6.07, 6.45) is 9.43. The lowest BCUT2D eigenvalue weighted by Crippen LogP contribution is -2.62. The molecule has 0 spiro atoms. The van der Waals surface area contributed by atoms with Gasteiger partial charge in [0.25, 0.3) is 0 Å². The van der Waals surface area contributed by atoms with Crippen LogP contribution in [0.15, 0.2) is 11.6 Å². The Morgan fingerprint density at radius 2 is 1.96 bits per heavy atom. The normalized spacial score (nSPS) is 47.7. The molecule has 28 heavy (non-hydrogen) atoms. The SMILES string of the molecule is COC(=O)[C@@H]1C(=O)CC[C@]2(C)[C@H]3CC[C@]4(C)CC(C)=CC[C@H]4[C@]3(C#N)CC[C@@H]12. The molecule has 0 saturated heterocycles. The highest BCUT2D eigenvalue weighted by Gasteiger charge is 2.67. The second-order valence-corrected chi connectivity index (χ2v) is 10.5. The van der Waals surface area contributed by atoms with Crippen molar-refractivity contribution in [2.75, 3.05) is 7.11 Å². The summed E-state index contributed by atoms with van der Waals surface area (Å²) in [6.45, 7) is 6.88. The zero-order valence-corrected chi connectivity index (χ0v) is 17.7. The van der Waals surface area contributed by atoms with Crippen molar-refractivity contribution in [2.24, 2.45) is 39.9 Å². The lowest BCUT2D eigenvalue weighted by atomic mass is 9.37. The van der Waals surface area contributed by atoms with Gasteiger partial charge in [-0.25, -0.2) is 0 Å². The van der Waals surface area contributed by atoms with E-state index in [9.17, 15) is 14.9 Å². The van der Waals surface area contributed by atoms with Crippen LogP contribution in [-0.2, 0) is 14.3 Å². The van der Waals surface area contributed by atoms with E-state index in [1.165, 1.54) is 12.7 Å². The third-order valence-corrected chi connectivity index (χ3v) is 9.31. The highest BCUT2D eigenvalue weighted by molar-refractivity contribution is 6.00. The summed E-state index contributed by atoms with van der Waals surface area (Å²) in [5.41, 5.74) is 1.18. The van der Waals surface area contributed by atoms with Gasteiger partial charge in [0, 0.05) is 6.42 Å². The fourth-order valence-corrected chi connectivity index (χ4v) is 8.07. The van der Waals surface area contributed by atoms with Crippen molar-refractivity contribution in [3.05, 3.63) is 11.6 Å². The first-order valence-electron chi connectivity index (χ1n) is 10.9. The maximum atomic E-state index is 12.6. The van der Waals surface area contributed by atoms with Crippen molar-refractivity contribution in [1.29, 1.82) is 5.26 Å². The summed E-state index contributed by atoms with van der Waals surface area (Å²) in [6, 6.07) is 2.86. The lowest BCUT2D eigenvalue weighted by Gasteiger charge is -2.65. The molecular weight excluding hydrogens is 350 g/mol. The molecule has 0 aromatic rings. The van der Waals surface area contributed by atoms with Gasteiger partial charge in [-0.15, -0.1) is 0 Å². The number of methoxy groups -OCH3 is 1. The van der Waals surface area contributed by atoms with Crippen LogP contribution < -0.4 is 0 Å². The van der Waals surface area contributed by atoms with Gasteiger partial charge < -0.3 is 4.74 Å². The summed E-state index contributed by atoms with van der Waals surface area (Å²) in [4.78, 5) is 25.1. The van der Waals surface area contributed by atoms with E-state index in [2.05, 4.69) is 32.9 Å². The van der Waals surface area contributed by atoms with E-state index in [-0.39, 0.29) is 39.8 Å². The number of fused-ring (bicyclic) bond motifs is 5. The third kappa shape index (κ3) is 2.47. The number of hydrogen-bond acceptors (Lipinski definition) is 4. The second-order valence-electron chi connectivity index (χ2n) is 10.5. The summed E-state index contributed by atoms with van der Waals surface area (Å²) in [5.74, 6) is -0.327. The van der Waals surface area contributed by atoms with Crippen LogP contribution in [0.3, 0.4) is 0 Å². The van der Waals surface area contributed by atoms with E-state index < -0.39 is 5.92 Å². The summed E-state index contributed by atoms with van der Waals surface area (Å²) < 4.78 is 5.02. The van der Waals surface area contributed by atoms with Crippen LogP contribution >= 0.6 is 0 Å². The molecule has 3 saturated carbocycles. The van der Waals surface area contributed by atoms with Crippen LogP contribution in [-0.4, -0.2) is 18.9 Å². The van der Waals surface area contributed by atoms with Crippen molar-refractivity contribution >= 4 is 11.8 Å². The first-order valence-corrected chi connectivity index (χ1v) is 10.9. The van der Waals surface area contributed by atoms with Gasteiger partial charge >= 0.3 is 5.97 Å². The summed E-state index contributed by atoms with van der Waals surface area (Å²) in [7, 11) is 1.38. The Morgan fingerprint density at radius 1 is 1.21 bits per heavy atom. The van der Waals surface area contributed by atoms with Crippen molar-refractivity contribution in [3.8, 4) is 6.07 Å². The highest BCUT2D eigenvalue weighted by Crippen LogP contribution is 2.70. The Morgan fingerprint density at radius 3 is 2.64 bits per heavy atom. The number of carbonyl (C=O) groups excluding carboxylic acids is 2. The zero-order chi connectivity index (χ0) is 20.3. The van der Waals surface area contributed by atoms with E-state index in [1.807, 2.05) is 0 Å². The molecule has 0 bridgehead atoms. The Bertz CT molecular complexity index is 771. The van der Waals surface area contributed by atoms with Crippen molar-refractivity contribution in [3.63, 3.8) is 0 Å². The maximum Gasteiger partial charge on any atom is 0.316 e. The predicted molar refractivity (Wildman–Crippen MR) is 106 cm³/mol. The topological polar surface area (TPSA) is 67.2 Å². The van der Waals surface area contributed by atoms with Gasteiger partial charge in [-0.1, -0.05) is 25.5 Å². The molecule has 0 amide bonds. The molecule has 152 valence electrons. The monoisotopic (exact) mass is 383 g/mol. The number of hydrogen-bond donors (Lipinski definition) is 0. The van der Waals surface area contributed by atoms with Gasteiger partial charge in [-0.05, 0) is 80.5 Å². The van der Waals surface area contributed by atoms with Crippen molar-refractivity contribution in [2.45, 2.75) is 72.1 Å². The second kappa shape index (κ2) is 6.44. The number of ketones is 1. The Labute approximate surface area is 168 Å². The molecule has 0 unspecified atom stereocenters. The molecule has 4 heteroatoms. The number of Topliss-reactive ketones (excluding diaryl/α,β-unsaturated/α-hetero) is 1. The quantitative estimate of drug-likeness (QED) is 0.369. The molecule has 0 N–H and O–H groups in total. The van der Waals surface area contributed by atoms with Crippen LogP contribution in [0.1, 0.15) is 72.1 Å². The number of allylic oxidation sites excluding steroid dienone is 2. The van der Waals surface area contributed by atoms with Gasteiger partial charge in [0.1, 0.15) is 11.7 Å². The van der Waals surface area contributed by atoms with Crippen LogP contribution in [0.5, 0.6) is 0 Å². The van der Waals surface area contributed by atoms with Gasteiger partial charge in [-0.2, -0.15) is 5.26 Å². The van der Waals surface area contributed by atoms with E-state index in [0.717, 1.165) is 44.9 Å². The fourth-order valence-electron chi connectivity index (χ4n) is 8.07. The molecule has 4 rings (SSSR count). The lowest BCUT2D eigenvalue weighted by molar-refractivity contribution is -0.181. The molecule has 4 aliphatic carbocycles. The van der Waals surface area contributed by atoms with Crippen LogP contribution in [0, 0.1) is 51.2 Å². The van der Waals surface area contributed by atoms with Gasteiger partial charge in [0.2, 0.25) is 0 Å². The van der Waals surface area contributed by atoms with E-state index in [0.29, 0.717) is 12.3 Å². The maximum absolute atomic E-state index is 12.6. The number of nitriles is 1. The molecule has 0 heterocycles. The standard InChI is InChI=1S/C24H33NO3/c1-15-5-6-18-22(2,13-15)10-9-19-23(3)11-8-17(26)20(21(27)28-4)16(23)7-12-24(18,19)14-25/h5,16,18-20H,6-13H2,1-4H3/t16-,18+,19+,20-,22+,23-,24+/m0/s1. The molecule has 3 fully saturated rings. The molecule has 4 aliphatic rings. The minimum Gasteiger partial charge on any atom is -0.468 e. The van der Waals surface area contributed by atoms with E-state index in [1.54, 1.807) is 0 Å². The smallest absolute Gasteiger partial charge is 0.316 e. The Balaban J connectivity index is 1.76. The van der Waals surface area contributed by atoms with Gasteiger partial charge in [0.05, 0.1) is 18.6 Å². The summed E-state index contributed by atoms with van der Waals surface area (Å²) in [5, 5.41) is 10.5. The third-order valence-electron chi connectivity index (χ3n) is 9.31. The number of ether oxygens (including phenoxy) is 1. The highest BCUT2D eigenvalue weighted by atomic mass is 16.5. The van der Waals surface area contributed by atoms with Gasteiger partial charge in [0.15, 0.2) is 0 Å². The molecule has 0 aliphatic heterocycles. The van der Waals surface area contributed by atoms with Crippen LogP contribution in [0.2, 0.25) is 0 Å². The van der Waals surface area contributed by atoms with E-state index in [4.69, 9.17) is 4.74 Å². The fraction of sp³-hybridized carbons (Fsp3) is 0.792. The average molecular weight is 384 g/mol. The number of carbonyl (C=O) groups is 2. The molecule has 7 atom stereocenters. The number of nitrogens with zero attached hydrogens (tertiary/aromatic N) is 1. The predicted octanol–water partition coefficient (Wildman–Crippen LogP) is 4.84. The molecule has 0 aromatic carbocycles. The largest absolute Gasteiger partial charge is 0.468 e. The average Bonchev–Trinajstić information content (AvgIpc) is 2.66. The minimum absolute atomic E-state index is 0.0119. The van der Waals surface area contributed by atoms with Gasteiger partial charge in [-0.3, -0.25) is 9.59 Å².